The van der Waals surface area contributed by atoms with Gasteiger partial charge < -0.3 is 10.2 Å². The summed E-state index contributed by atoms with van der Waals surface area (Å²) < 4.78 is 0. The Morgan fingerprint density at radius 3 is 3.00 bits per heavy atom. The first kappa shape index (κ1) is 11.5. The Balaban J connectivity index is 1.84. The Morgan fingerprint density at radius 1 is 1.44 bits per heavy atom. The normalized spacial score (nSPS) is 14.5. The fourth-order valence-electron chi connectivity index (χ4n) is 1.99. The lowest BCUT2D eigenvalue weighted by molar-refractivity contribution is 0.784. The van der Waals surface area contributed by atoms with E-state index in [0.29, 0.717) is 6.04 Å². The van der Waals surface area contributed by atoms with Crippen molar-refractivity contribution in [1.29, 1.82) is 0 Å². The van der Waals surface area contributed by atoms with Crippen molar-refractivity contribution in [2.75, 3.05) is 17.3 Å². The molecule has 0 unspecified atom stereocenters. The van der Waals surface area contributed by atoms with Crippen molar-refractivity contribution >= 4 is 23.0 Å². The summed E-state index contributed by atoms with van der Waals surface area (Å²) in [6, 6.07) is 6.95. The molecule has 0 bridgehead atoms. The van der Waals surface area contributed by atoms with Gasteiger partial charge in [-0.15, -0.1) is 11.3 Å². The molecule has 0 saturated heterocycles. The maximum atomic E-state index is 4.41. The van der Waals surface area contributed by atoms with Crippen LogP contribution in [0.4, 0.5) is 11.6 Å². The number of rotatable bonds is 5. The highest BCUT2D eigenvalue weighted by atomic mass is 32.1. The Morgan fingerprint density at radius 2 is 2.33 bits per heavy atom. The van der Waals surface area contributed by atoms with Crippen molar-refractivity contribution in [2.24, 2.45) is 0 Å². The summed E-state index contributed by atoms with van der Waals surface area (Å²) >= 11 is 1.80. The highest BCUT2D eigenvalue weighted by Gasteiger charge is 2.30. The second-order valence-electron chi connectivity index (χ2n) is 4.45. The zero-order valence-corrected chi connectivity index (χ0v) is 11.2. The van der Waals surface area contributed by atoms with Crippen LogP contribution in [0.25, 0.3) is 0 Å². The van der Waals surface area contributed by atoms with Gasteiger partial charge in [-0.05, 0) is 24.3 Å². The summed E-state index contributed by atoms with van der Waals surface area (Å²) in [4.78, 5) is 12.3. The SMILES string of the molecule is CNc1cc(N(Cc2cccs2)C2CC2)ncn1. The summed E-state index contributed by atoms with van der Waals surface area (Å²) in [5, 5.41) is 5.19. The predicted molar refractivity (Wildman–Crippen MR) is 75.1 cm³/mol. The minimum Gasteiger partial charge on any atom is -0.373 e. The highest BCUT2D eigenvalue weighted by Crippen LogP contribution is 2.33. The molecular formula is C13H16N4S. The summed E-state index contributed by atoms with van der Waals surface area (Å²) in [5.74, 6) is 1.89. The summed E-state index contributed by atoms with van der Waals surface area (Å²) in [6.07, 6.45) is 4.17. The maximum Gasteiger partial charge on any atom is 0.134 e. The molecule has 94 valence electrons. The van der Waals surface area contributed by atoms with Crippen LogP contribution in [-0.2, 0) is 6.54 Å². The molecule has 1 fully saturated rings. The molecule has 0 atom stereocenters. The Hall–Kier alpha value is -1.62. The smallest absolute Gasteiger partial charge is 0.134 e. The van der Waals surface area contributed by atoms with Crippen molar-refractivity contribution in [1.82, 2.24) is 9.97 Å². The fourth-order valence-corrected chi connectivity index (χ4v) is 2.70. The number of thiophene rings is 1. The lowest BCUT2D eigenvalue weighted by Crippen LogP contribution is -2.25. The van der Waals surface area contributed by atoms with E-state index in [4.69, 9.17) is 0 Å². The molecule has 0 amide bonds. The Kier molecular flexibility index (Phi) is 3.15. The van der Waals surface area contributed by atoms with Gasteiger partial charge in [0.1, 0.15) is 18.0 Å². The van der Waals surface area contributed by atoms with Crippen molar-refractivity contribution in [3.63, 3.8) is 0 Å². The van der Waals surface area contributed by atoms with Crippen LogP contribution in [0.15, 0.2) is 29.9 Å². The van der Waals surface area contributed by atoms with Crippen molar-refractivity contribution in [2.45, 2.75) is 25.4 Å². The van der Waals surface area contributed by atoms with Crippen LogP contribution in [0.1, 0.15) is 17.7 Å². The molecule has 3 rings (SSSR count). The van der Waals surface area contributed by atoms with Gasteiger partial charge >= 0.3 is 0 Å². The van der Waals surface area contributed by atoms with E-state index in [1.54, 1.807) is 17.7 Å². The standard InChI is InChI=1S/C13H16N4S/c1-14-12-7-13(16-9-15-12)17(10-4-5-10)8-11-3-2-6-18-11/h2-3,6-7,9-10H,4-5,8H2,1H3,(H,14,15,16). The topological polar surface area (TPSA) is 41.0 Å². The van der Waals surface area contributed by atoms with Crippen LogP contribution in [0, 0.1) is 0 Å². The zero-order chi connectivity index (χ0) is 12.4. The van der Waals surface area contributed by atoms with Crippen molar-refractivity contribution < 1.29 is 0 Å². The minimum atomic E-state index is 0.645. The molecule has 1 saturated carbocycles. The van der Waals surface area contributed by atoms with Gasteiger partial charge in [-0.25, -0.2) is 9.97 Å². The molecule has 0 aliphatic heterocycles. The maximum absolute atomic E-state index is 4.41. The molecule has 4 nitrogen and oxygen atoms in total. The molecule has 1 N–H and O–H groups in total. The van der Waals surface area contributed by atoms with Gasteiger partial charge in [0.2, 0.25) is 0 Å². The van der Waals surface area contributed by atoms with Crippen LogP contribution in [0.5, 0.6) is 0 Å². The lowest BCUT2D eigenvalue weighted by Gasteiger charge is -2.23. The molecule has 0 aromatic carbocycles. The third-order valence-electron chi connectivity index (χ3n) is 3.10. The summed E-state index contributed by atoms with van der Waals surface area (Å²) in [5.41, 5.74) is 0. The first-order valence-corrected chi connectivity index (χ1v) is 7.03. The van der Waals surface area contributed by atoms with Gasteiger partial charge in [-0.2, -0.15) is 0 Å². The molecule has 18 heavy (non-hydrogen) atoms. The van der Waals surface area contributed by atoms with E-state index in [1.807, 2.05) is 13.1 Å². The number of nitrogens with zero attached hydrogens (tertiary/aromatic N) is 3. The van der Waals surface area contributed by atoms with E-state index in [1.165, 1.54) is 17.7 Å². The van der Waals surface area contributed by atoms with E-state index in [9.17, 15) is 0 Å². The van der Waals surface area contributed by atoms with Crippen LogP contribution < -0.4 is 10.2 Å². The lowest BCUT2D eigenvalue weighted by atomic mass is 10.3. The average molecular weight is 260 g/mol. The Labute approximate surface area is 111 Å². The fraction of sp³-hybridized carbons (Fsp3) is 0.385. The van der Waals surface area contributed by atoms with E-state index >= 15 is 0 Å². The first-order chi connectivity index (χ1) is 8.86. The predicted octanol–water partition coefficient (Wildman–Crippen LogP) is 2.75. The minimum absolute atomic E-state index is 0.645. The quantitative estimate of drug-likeness (QED) is 0.897. The molecular weight excluding hydrogens is 244 g/mol. The Bertz CT molecular complexity index is 507. The van der Waals surface area contributed by atoms with E-state index in [0.717, 1.165) is 18.2 Å². The van der Waals surface area contributed by atoms with E-state index in [-0.39, 0.29) is 0 Å². The molecule has 2 heterocycles. The number of hydrogen-bond acceptors (Lipinski definition) is 5. The van der Waals surface area contributed by atoms with Gasteiger partial charge in [0, 0.05) is 24.0 Å². The molecule has 1 aliphatic rings. The van der Waals surface area contributed by atoms with Gasteiger partial charge in [0.15, 0.2) is 0 Å². The third-order valence-corrected chi connectivity index (χ3v) is 3.96. The van der Waals surface area contributed by atoms with Crippen molar-refractivity contribution in [3.05, 3.63) is 34.8 Å². The zero-order valence-electron chi connectivity index (χ0n) is 10.3. The molecule has 2 aromatic heterocycles. The van der Waals surface area contributed by atoms with Crippen molar-refractivity contribution in [3.8, 4) is 0 Å². The van der Waals surface area contributed by atoms with Crippen LogP contribution >= 0.6 is 11.3 Å². The van der Waals surface area contributed by atoms with Gasteiger partial charge in [0.25, 0.3) is 0 Å². The number of aromatic nitrogens is 2. The number of anilines is 2. The first-order valence-electron chi connectivity index (χ1n) is 6.15. The van der Waals surface area contributed by atoms with E-state index < -0.39 is 0 Å². The van der Waals surface area contributed by atoms with Crippen LogP contribution in [-0.4, -0.2) is 23.1 Å². The van der Waals surface area contributed by atoms with Gasteiger partial charge in [-0.1, -0.05) is 6.07 Å². The molecule has 5 heteroatoms. The summed E-state index contributed by atoms with van der Waals surface area (Å²) in [6.45, 7) is 0.947. The second kappa shape index (κ2) is 4.94. The summed E-state index contributed by atoms with van der Waals surface area (Å²) in [7, 11) is 1.88. The number of nitrogens with one attached hydrogen (secondary N) is 1. The van der Waals surface area contributed by atoms with E-state index in [2.05, 4.69) is 37.7 Å². The molecule has 1 aliphatic carbocycles. The monoisotopic (exact) mass is 260 g/mol. The van der Waals surface area contributed by atoms with Gasteiger partial charge in [-0.3, -0.25) is 0 Å². The van der Waals surface area contributed by atoms with Crippen LogP contribution in [0.2, 0.25) is 0 Å². The molecule has 0 radical (unpaired) electrons. The second-order valence-corrected chi connectivity index (χ2v) is 5.48. The average Bonchev–Trinajstić information content (AvgIpc) is 3.13. The molecule has 0 spiro atoms. The molecule has 2 aromatic rings. The largest absolute Gasteiger partial charge is 0.373 e. The third kappa shape index (κ3) is 2.46. The number of hydrogen-bond donors (Lipinski definition) is 1. The van der Waals surface area contributed by atoms with Crippen LogP contribution in [0.3, 0.4) is 0 Å². The van der Waals surface area contributed by atoms with Gasteiger partial charge in [0.05, 0.1) is 6.54 Å². The highest BCUT2D eigenvalue weighted by molar-refractivity contribution is 7.09.